The first-order chi connectivity index (χ1) is 12.0. The lowest BCUT2D eigenvalue weighted by atomic mass is 9.89. The summed E-state index contributed by atoms with van der Waals surface area (Å²) < 4.78 is 1.70. The van der Waals surface area contributed by atoms with Gasteiger partial charge in [-0.25, -0.2) is 0 Å². The first kappa shape index (κ1) is 17.7. The van der Waals surface area contributed by atoms with Crippen LogP contribution in [0.2, 0.25) is 0 Å². The van der Waals surface area contributed by atoms with Gasteiger partial charge in [-0.05, 0) is 32.8 Å². The largest absolute Gasteiger partial charge is 0.549 e. The highest BCUT2D eigenvalue weighted by Crippen LogP contribution is 2.33. The topological polar surface area (TPSA) is 99.0 Å². The Balaban J connectivity index is 1.90. The molecular formula is C17H22N5O2S-. The van der Waals surface area contributed by atoms with E-state index in [9.17, 15) is 9.90 Å². The number of carboxylic acids is 1. The second-order valence-electron chi connectivity index (χ2n) is 6.43. The van der Waals surface area contributed by atoms with Gasteiger partial charge >= 0.3 is 0 Å². The Labute approximate surface area is 150 Å². The number of carboxylic acid groups (broad SMARTS) is 1. The summed E-state index contributed by atoms with van der Waals surface area (Å²) in [5, 5.41) is 24.3. The lowest BCUT2D eigenvalue weighted by Gasteiger charge is -2.20. The molecule has 0 saturated heterocycles. The van der Waals surface area contributed by atoms with Crippen molar-refractivity contribution in [2.45, 2.75) is 57.0 Å². The number of carbonyl (C=O) groups is 1. The van der Waals surface area contributed by atoms with E-state index in [0.29, 0.717) is 11.1 Å². The molecule has 1 fully saturated rings. The summed E-state index contributed by atoms with van der Waals surface area (Å²) in [7, 11) is 0. The number of hydrogen-bond donors (Lipinski definition) is 1. The molecule has 2 aromatic rings. The monoisotopic (exact) mass is 360 g/mol. The smallest absolute Gasteiger partial charge is 0.212 e. The third kappa shape index (κ3) is 4.31. The summed E-state index contributed by atoms with van der Waals surface area (Å²) in [6.45, 7) is 3.99. The molecule has 0 unspecified atom stereocenters. The van der Waals surface area contributed by atoms with Crippen molar-refractivity contribution in [2.24, 2.45) is 5.10 Å². The number of thioether (sulfide) groups is 1. The number of nitrogens with zero attached hydrogens (tertiary/aromatic N) is 4. The van der Waals surface area contributed by atoms with Crippen LogP contribution in [0.15, 0.2) is 16.3 Å². The first-order valence-corrected chi connectivity index (χ1v) is 9.51. The maximum Gasteiger partial charge on any atom is 0.212 e. The molecule has 0 aliphatic heterocycles. The van der Waals surface area contributed by atoms with Gasteiger partial charge in [0.25, 0.3) is 0 Å². The standard InChI is InChI=1S/C17H23N5O2S/c1-11-8-14(12(2)19-11)9-18-22-16(13-6-4-3-5-7-13)20-21-17(22)25-10-15(23)24/h8-9,13,19H,3-7,10H2,1-2H3,(H,23,24)/p-1/b18-9+. The van der Waals surface area contributed by atoms with Gasteiger partial charge in [-0.1, -0.05) is 31.0 Å². The molecule has 2 aromatic heterocycles. The molecule has 0 amide bonds. The Hall–Kier alpha value is -2.09. The quantitative estimate of drug-likeness (QED) is 0.627. The van der Waals surface area contributed by atoms with E-state index in [4.69, 9.17) is 0 Å². The molecule has 134 valence electrons. The minimum absolute atomic E-state index is 0.166. The Bertz CT molecular complexity index is 774. The Kier molecular flexibility index (Phi) is 5.57. The third-order valence-corrected chi connectivity index (χ3v) is 5.32. The predicted octanol–water partition coefficient (Wildman–Crippen LogP) is 1.99. The van der Waals surface area contributed by atoms with E-state index in [1.165, 1.54) is 19.3 Å². The second-order valence-corrected chi connectivity index (χ2v) is 7.37. The van der Waals surface area contributed by atoms with Crippen molar-refractivity contribution >= 4 is 23.9 Å². The SMILES string of the molecule is Cc1cc(/C=N/n2c(SCC(=O)[O-])nnc2C2CCCCC2)c(C)[nH]1. The van der Waals surface area contributed by atoms with Crippen molar-refractivity contribution in [3.05, 3.63) is 28.8 Å². The van der Waals surface area contributed by atoms with E-state index in [-0.39, 0.29) is 5.75 Å². The molecule has 8 heteroatoms. The lowest BCUT2D eigenvalue weighted by Crippen LogP contribution is -2.24. The zero-order chi connectivity index (χ0) is 17.8. The zero-order valence-electron chi connectivity index (χ0n) is 14.5. The molecule has 3 rings (SSSR count). The number of rotatable bonds is 6. The molecule has 1 aliphatic carbocycles. The van der Waals surface area contributed by atoms with Crippen LogP contribution in [-0.4, -0.2) is 37.8 Å². The molecule has 1 N–H and O–H groups in total. The predicted molar refractivity (Wildman–Crippen MR) is 94.8 cm³/mol. The number of aliphatic carboxylic acids is 1. The summed E-state index contributed by atoms with van der Waals surface area (Å²) in [6, 6.07) is 2.03. The third-order valence-electron chi connectivity index (χ3n) is 4.43. The zero-order valence-corrected chi connectivity index (χ0v) is 15.3. The van der Waals surface area contributed by atoms with Crippen molar-refractivity contribution < 1.29 is 9.90 Å². The van der Waals surface area contributed by atoms with Crippen LogP contribution in [-0.2, 0) is 4.79 Å². The highest BCUT2D eigenvalue weighted by atomic mass is 32.2. The van der Waals surface area contributed by atoms with Gasteiger partial charge in [0, 0.05) is 28.6 Å². The van der Waals surface area contributed by atoms with Crippen LogP contribution >= 0.6 is 11.8 Å². The molecule has 0 radical (unpaired) electrons. The summed E-state index contributed by atoms with van der Waals surface area (Å²) >= 11 is 1.09. The van der Waals surface area contributed by atoms with Crippen molar-refractivity contribution in [2.75, 3.05) is 5.75 Å². The number of carbonyl (C=O) groups excluding carboxylic acids is 1. The summed E-state index contributed by atoms with van der Waals surface area (Å²) in [5.74, 6) is -0.146. The highest BCUT2D eigenvalue weighted by molar-refractivity contribution is 7.99. The van der Waals surface area contributed by atoms with Gasteiger partial charge in [0.15, 0.2) is 5.82 Å². The maximum atomic E-state index is 10.8. The molecule has 25 heavy (non-hydrogen) atoms. The number of nitrogens with one attached hydrogen (secondary N) is 1. The number of aromatic amines is 1. The van der Waals surface area contributed by atoms with Gasteiger partial charge in [0.2, 0.25) is 5.16 Å². The Morgan fingerprint density at radius 1 is 1.40 bits per heavy atom. The fourth-order valence-electron chi connectivity index (χ4n) is 3.21. The van der Waals surface area contributed by atoms with Crippen LogP contribution in [0.1, 0.15) is 60.8 Å². The molecule has 0 bridgehead atoms. The minimum Gasteiger partial charge on any atom is -0.549 e. The van der Waals surface area contributed by atoms with Gasteiger partial charge in [-0.2, -0.15) is 9.78 Å². The Morgan fingerprint density at radius 3 is 2.80 bits per heavy atom. The van der Waals surface area contributed by atoms with Crippen LogP contribution in [0.25, 0.3) is 0 Å². The van der Waals surface area contributed by atoms with Crippen LogP contribution in [0.5, 0.6) is 0 Å². The van der Waals surface area contributed by atoms with Crippen molar-refractivity contribution in [3.8, 4) is 0 Å². The summed E-state index contributed by atoms with van der Waals surface area (Å²) in [5.41, 5.74) is 3.11. The average Bonchev–Trinajstić information content (AvgIpc) is 3.14. The maximum absolute atomic E-state index is 10.8. The molecule has 2 heterocycles. The van der Waals surface area contributed by atoms with Gasteiger partial charge in [0.05, 0.1) is 12.2 Å². The van der Waals surface area contributed by atoms with E-state index in [0.717, 1.165) is 47.4 Å². The normalized spacial score (nSPS) is 15.9. The van der Waals surface area contributed by atoms with Crippen LogP contribution in [0.4, 0.5) is 0 Å². The first-order valence-electron chi connectivity index (χ1n) is 8.53. The minimum atomic E-state index is -1.13. The average molecular weight is 360 g/mol. The van der Waals surface area contributed by atoms with E-state index in [1.54, 1.807) is 10.9 Å². The van der Waals surface area contributed by atoms with E-state index < -0.39 is 5.97 Å². The van der Waals surface area contributed by atoms with E-state index >= 15 is 0 Å². The van der Waals surface area contributed by atoms with Gasteiger partial charge in [-0.15, -0.1) is 10.2 Å². The molecule has 0 spiro atoms. The fraction of sp³-hybridized carbons (Fsp3) is 0.529. The lowest BCUT2D eigenvalue weighted by molar-refractivity contribution is -0.301. The molecule has 0 atom stereocenters. The van der Waals surface area contributed by atoms with Crippen LogP contribution < -0.4 is 5.11 Å². The fourth-order valence-corrected chi connectivity index (χ4v) is 3.82. The van der Waals surface area contributed by atoms with Crippen molar-refractivity contribution in [1.29, 1.82) is 0 Å². The van der Waals surface area contributed by atoms with Gasteiger partial charge in [-0.3, -0.25) is 0 Å². The molecule has 7 nitrogen and oxygen atoms in total. The van der Waals surface area contributed by atoms with Crippen LogP contribution in [0, 0.1) is 13.8 Å². The highest BCUT2D eigenvalue weighted by Gasteiger charge is 2.23. The van der Waals surface area contributed by atoms with Gasteiger partial charge in [0.1, 0.15) is 0 Å². The van der Waals surface area contributed by atoms with Crippen molar-refractivity contribution in [3.63, 3.8) is 0 Å². The van der Waals surface area contributed by atoms with Gasteiger partial charge < -0.3 is 14.9 Å². The van der Waals surface area contributed by atoms with E-state index in [2.05, 4.69) is 20.3 Å². The summed E-state index contributed by atoms with van der Waals surface area (Å²) in [6.07, 6.45) is 7.53. The molecule has 1 aliphatic rings. The number of hydrogen-bond acceptors (Lipinski definition) is 6. The molecule has 1 saturated carbocycles. The number of aromatic nitrogens is 4. The summed E-state index contributed by atoms with van der Waals surface area (Å²) in [4.78, 5) is 14.0. The van der Waals surface area contributed by atoms with E-state index in [1.807, 2.05) is 19.9 Å². The molecule has 0 aromatic carbocycles. The number of aryl methyl sites for hydroxylation is 2. The van der Waals surface area contributed by atoms with Crippen LogP contribution in [0.3, 0.4) is 0 Å². The molecular weight excluding hydrogens is 338 g/mol. The Morgan fingerprint density at radius 2 is 2.16 bits per heavy atom. The van der Waals surface area contributed by atoms with Crippen molar-refractivity contribution in [1.82, 2.24) is 19.9 Å². The number of H-pyrrole nitrogens is 1. The second kappa shape index (κ2) is 7.86.